The number of hydrogen-bond acceptors (Lipinski definition) is 13. The molecule has 15 rings (SSSR count). The van der Waals surface area contributed by atoms with E-state index >= 15 is 19.2 Å². The molecule has 6 aromatic rings. The number of fused-ring (bicyclic) bond motifs is 3. The molecule has 3 saturated carbocycles. The van der Waals surface area contributed by atoms with Crippen molar-refractivity contribution in [1.82, 2.24) is 67.5 Å². The van der Waals surface area contributed by atoms with Crippen LogP contribution in [0.25, 0.3) is 0 Å². The number of aromatic nitrogens is 1. The second-order valence-electron chi connectivity index (χ2n) is 35.2. The first-order valence-corrected chi connectivity index (χ1v) is 44.2. The third-order valence-corrected chi connectivity index (χ3v) is 27.1. The molecule has 1 aromatic heterocycles. The van der Waals surface area contributed by atoms with Gasteiger partial charge in [0.15, 0.2) is 0 Å². The van der Waals surface area contributed by atoms with Gasteiger partial charge in [-0.25, -0.2) is 0 Å². The highest BCUT2D eigenvalue weighted by Gasteiger charge is 2.47. The van der Waals surface area contributed by atoms with Crippen LogP contribution in [-0.2, 0) is 96.1 Å². The summed E-state index contributed by atoms with van der Waals surface area (Å²) in [5, 5.41) is 27.8. The third-order valence-electron chi connectivity index (χ3n) is 27.1. The Kier molecular flexibility index (Phi) is 27.6. The number of nitrogens with zero attached hydrogens (tertiary/aromatic N) is 4. The van der Waals surface area contributed by atoms with Crippen molar-refractivity contribution in [3.63, 3.8) is 0 Å². The maximum absolute atomic E-state index is 15.6. The molecular weight excluding hydrogens is 1520 g/mol. The van der Waals surface area contributed by atoms with Gasteiger partial charge in [0, 0.05) is 70.6 Å². The van der Waals surface area contributed by atoms with Crippen LogP contribution < -0.4 is 47.9 Å². The van der Waals surface area contributed by atoms with Crippen LogP contribution in [0.3, 0.4) is 0 Å². The molecule has 3 aliphatic carbocycles. The van der Waals surface area contributed by atoms with Gasteiger partial charge < -0.3 is 62.6 Å². The molecule has 0 radical (unpaired) electrons. The number of hydrogen-bond donors (Lipinski definition) is 9. The minimum atomic E-state index is -1.15. The number of rotatable bonds is 20. The van der Waals surface area contributed by atoms with Crippen LogP contribution in [-0.4, -0.2) is 183 Å². The molecule has 25 heteroatoms. The lowest BCUT2D eigenvalue weighted by atomic mass is 9.75. The van der Waals surface area contributed by atoms with Crippen LogP contribution in [0.5, 0.6) is 0 Å². The summed E-state index contributed by atoms with van der Waals surface area (Å²) in [5.41, 5.74) is 6.83. The Morgan fingerprint density at radius 3 is 0.917 bits per heavy atom. The van der Waals surface area contributed by atoms with Crippen LogP contribution in [0, 0.1) is 17.8 Å². The Morgan fingerprint density at radius 1 is 0.258 bits per heavy atom. The SMILES string of the molecule is O=C1N[C@H](Cc2ccccc2)C(=O)N[C@@H](Cc2ccccc2C2CCC(C[C@H]3NC(=O)[C@H](Cc4ccccc4)NC(=O)[C@H]4CCCN4C(=O)[C@H](Cc4ccccc4C4CCC(C[C@H]5NC(=O)[C@H](Cc6ccccc6)NC(=O)[C@H]6CCCN6C(=O)[C@H](Cc6cccnc6)NC5=O)CC4)NC3=O)CC2)C(=O)N2CCC[C@@H]2C(=O)N[C@H]1CC1CCCCC1. The summed E-state index contributed by atoms with van der Waals surface area (Å²) >= 11 is 0. The molecule has 120 heavy (non-hydrogen) atoms. The van der Waals surface area contributed by atoms with Crippen molar-refractivity contribution < 1.29 is 57.5 Å². The Labute approximate surface area is 702 Å². The molecule has 12 amide bonds. The number of pyridine rings is 1. The van der Waals surface area contributed by atoms with Gasteiger partial charge in [0.2, 0.25) is 70.9 Å². The average molecular weight is 1630 g/mol. The standard InChI is InChI=1S/C95H115N13O12/c109-84-75(50-60-23-7-2-8-24-60)101-91(116)82-35-19-47-107(82)94(119)79(104-88(113)72(97-84)49-59-21-5-1-6-22-59)56-68-30-13-15-32-70(68)67-43-39-64(40-44-67)54-74-89(114)105-80(95(120)108-48-20-36-83(108)92(117)102-77(86(111)99-74)52-62-27-11-4-12-28-62)57-69-31-14-16-33-71(69)66-41-37-63(38-42-66)53-73-87(112)103-78(55-65-29-17-45-96-58-65)93(118)106-46-18-34-81(106)90(115)100-76(85(110)98-73)51-61-25-9-3-10-26-61/h1,3-6,9-17,21-22,25-33,45,58,60,63-64,66-67,72-83H,2,7-8,18-20,23-24,34-44,46-57H2,(H,97,109)(H,98,110)(H,99,111)(H,100,115)(H,101,116)(H,102,117)(H,103,112)(H,104,113)(H,105,114)/t63?,64?,66?,67?,72-,73-,74-,75+,76+,77+,78+,79+,80+,81-,82-,83-/m1/s1. The van der Waals surface area contributed by atoms with Gasteiger partial charge in [0.25, 0.3) is 0 Å². The fourth-order valence-electron chi connectivity index (χ4n) is 20.7. The van der Waals surface area contributed by atoms with Gasteiger partial charge in [-0.2, -0.15) is 0 Å². The van der Waals surface area contributed by atoms with Crippen LogP contribution >= 0.6 is 0 Å². The van der Waals surface area contributed by atoms with E-state index in [0.29, 0.717) is 115 Å². The van der Waals surface area contributed by atoms with E-state index < -0.39 is 126 Å². The molecule has 7 heterocycles. The Bertz CT molecular complexity index is 4650. The van der Waals surface area contributed by atoms with Crippen molar-refractivity contribution in [3.05, 3.63) is 209 Å². The number of carbonyl (C=O) groups is 12. The first-order chi connectivity index (χ1) is 58.4. The molecule has 6 aliphatic heterocycles. The van der Waals surface area contributed by atoms with E-state index in [1.807, 2.05) is 133 Å². The highest BCUT2D eigenvalue weighted by atomic mass is 16.2. The molecule has 5 aromatic carbocycles. The van der Waals surface area contributed by atoms with Crippen molar-refractivity contribution >= 4 is 70.9 Å². The van der Waals surface area contributed by atoms with E-state index in [2.05, 4.69) is 65.0 Å². The topological polar surface area (TPSA) is 336 Å². The quantitative estimate of drug-likeness (QED) is 0.0358. The molecule has 0 unspecified atom stereocenters. The van der Waals surface area contributed by atoms with Gasteiger partial charge >= 0.3 is 0 Å². The number of nitrogens with one attached hydrogen (secondary N) is 9. The van der Waals surface area contributed by atoms with E-state index in [1.165, 1.54) is 4.90 Å². The van der Waals surface area contributed by atoms with Gasteiger partial charge in [-0.1, -0.05) is 178 Å². The van der Waals surface area contributed by atoms with E-state index in [4.69, 9.17) is 0 Å². The molecule has 0 bridgehead atoms. The van der Waals surface area contributed by atoms with Gasteiger partial charge in [0.05, 0.1) is 0 Å². The molecule has 9 aliphatic rings. The Hall–Kier alpha value is -11.1. The molecule has 0 spiro atoms. The van der Waals surface area contributed by atoms with E-state index in [9.17, 15) is 38.4 Å². The van der Waals surface area contributed by atoms with Crippen molar-refractivity contribution in [2.75, 3.05) is 19.6 Å². The van der Waals surface area contributed by atoms with Crippen molar-refractivity contribution in [3.8, 4) is 0 Å². The van der Waals surface area contributed by atoms with Crippen LogP contribution in [0.4, 0.5) is 0 Å². The maximum atomic E-state index is 15.6. The van der Waals surface area contributed by atoms with Gasteiger partial charge in [-0.05, 0) is 189 Å². The summed E-state index contributed by atoms with van der Waals surface area (Å²) in [6.45, 7) is 0.902. The maximum Gasteiger partial charge on any atom is 0.246 e. The highest BCUT2D eigenvalue weighted by Crippen LogP contribution is 2.42. The molecule has 9 N–H and O–H groups in total. The summed E-state index contributed by atoms with van der Waals surface area (Å²) < 4.78 is 0. The lowest BCUT2D eigenvalue weighted by molar-refractivity contribution is -0.143. The zero-order chi connectivity index (χ0) is 83.2. The van der Waals surface area contributed by atoms with E-state index in [-0.39, 0.29) is 105 Å². The fourth-order valence-corrected chi connectivity index (χ4v) is 20.7. The fraction of sp³-hybridized carbons (Fsp3) is 0.505. The van der Waals surface area contributed by atoms with Crippen molar-refractivity contribution in [1.29, 1.82) is 0 Å². The van der Waals surface area contributed by atoms with Crippen LogP contribution in [0.15, 0.2) is 164 Å². The predicted molar refractivity (Wildman–Crippen MR) is 450 cm³/mol. The van der Waals surface area contributed by atoms with E-state index in [1.54, 1.807) is 28.3 Å². The minimum absolute atomic E-state index is 0.00539. The second-order valence-corrected chi connectivity index (χ2v) is 35.2. The normalized spacial score (nSPS) is 29.1. The first-order valence-electron chi connectivity index (χ1n) is 44.2. The molecule has 12 atom stereocenters. The van der Waals surface area contributed by atoms with Gasteiger partial charge in [0.1, 0.15) is 72.5 Å². The number of carbonyl (C=O) groups excluding carboxylic acids is 12. The molecule has 9 fully saturated rings. The summed E-state index contributed by atoms with van der Waals surface area (Å²) in [7, 11) is 0. The molecule has 632 valence electrons. The zero-order valence-corrected chi connectivity index (χ0v) is 68.5. The third kappa shape index (κ3) is 20.7. The van der Waals surface area contributed by atoms with Crippen LogP contribution in [0.2, 0.25) is 0 Å². The largest absolute Gasteiger partial charge is 0.343 e. The highest BCUT2D eigenvalue weighted by molar-refractivity contribution is 6.01. The number of amides is 12. The average Bonchev–Trinajstić information content (AvgIpc) is 1.56. The molecule has 6 saturated heterocycles. The van der Waals surface area contributed by atoms with E-state index in [0.717, 1.165) is 71.0 Å². The number of benzene rings is 5. The summed E-state index contributed by atoms with van der Waals surface area (Å²) in [6, 6.07) is 35.5. The predicted octanol–water partition coefficient (Wildman–Crippen LogP) is 7.51. The Balaban J connectivity index is 0.651. The summed E-state index contributed by atoms with van der Waals surface area (Å²) in [5.74, 6) is -5.32. The monoisotopic (exact) mass is 1630 g/mol. The Morgan fingerprint density at radius 2 is 0.550 bits per heavy atom. The summed E-state index contributed by atoms with van der Waals surface area (Å²) in [6.07, 6.45) is 18.3. The molecular formula is C95H115N13O12. The van der Waals surface area contributed by atoms with Crippen molar-refractivity contribution in [2.24, 2.45) is 17.8 Å². The summed E-state index contributed by atoms with van der Waals surface area (Å²) in [4.78, 5) is 188. The lowest BCUT2D eigenvalue weighted by Gasteiger charge is -2.36. The van der Waals surface area contributed by atoms with Crippen molar-refractivity contribution in [2.45, 2.75) is 264 Å². The zero-order valence-electron chi connectivity index (χ0n) is 68.5. The lowest BCUT2D eigenvalue weighted by Crippen LogP contribution is -2.62. The minimum Gasteiger partial charge on any atom is -0.343 e. The van der Waals surface area contributed by atoms with Gasteiger partial charge in [-0.15, -0.1) is 0 Å². The smallest absolute Gasteiger partial charge is 0.246 e. The first kappa shape index (κ1) is 83.9. The van der Waals surface area contributed by atoms with Gasteiger partial charge in [-0.3, -0.25) is 62.5 Å². The second kappa shape index (κ2) is 39.4. The molecule has 25 nitrogen and oxygen atoms in total. The van der Waals surface area contributed by atoms with Crippen LogP contribution in [0.1, 0.15) is 198 Å².